The van der Waals surface area contributed by atoms with E-state index in [1.165, 1.54) is 0 Å². The van der Waals surface area contributed by atoms with E-state index in [4.69, 9.17) is 4.74 Å². The Hall–Kier alpha value is -0.610. The molecule has 2 atom stereocenters. The second kappa shape index (κ2) is 5.64. The summed E-state index contributed by atoms with van der Waals surface area (Å²) in [5, 5.41) is 0. The molecule has 114 valence electrons. The van der Waals surface area contributed by atoms with Crippen LogP contribution in [0.2, 0.25) is 0 Å². The highest BCUT2D eigenvalue weighted by Gasteiger charge is 2.40. The summed E-state index contributed by atoms with van der Waals surface area (Å²) >= 11 is 0. The maximum atomic E-state index is 12.5. The van der Waals surface area contributed by atoms with Crippen molar-refractivity contribution < 1.29 is 9.53 Å². The molecule has 0 radical (unpaired) electrons. The van der Waals surface area contributed by atoms with E-state index >= 15 is 0 Å². The van der Waals surface area contributed by atoms with Gasteiger partial charge in [-0.2, -0.15) is 0 Å². The quantitative estimate of drug-likeness (QED) is 0.787. The van der Waals surface area contributed by atoms with Crippen molar-refractivity contribution in [2.45, 2.75) is 45.8 Å². The van der Waals surface area contributed by atoms with Crippen molar-refractivity contribution in [2.75, 3.05) is 32.7 Å². The molecule has 4 heteroatoms. The van der Waals surface area contributed by atoms with Crippen molar-refractivity contribution in [3.8, 4) is 0 Å². The van der Waals surface area contributed by atoms with Crippen LogP contribution in [0, 0.1) is 17.8 Å². The van der Waals surface area contributed by atoms with Crippen LogP contribution in [0.25, 0.3) is 0 Å². The molecule has 0 aromatic carbocycles. The van der Waals surface area contributed by atoms with Crippen molar-refractivity contribution in [1.29, 1.82) is 0 Å². The van der Waals surface area contributed by atoms with Gasteiger partial charge in [0, 0.05) is 38.6 Å². The summed E-state index contributed by atoms with van der Waals surface area (Å²) in [6.07, 6.45) is 2.63. The zero-order chi connectivity index (χ0) is 14.3. The normalized spacial score (nSPS) is 37.9. The van der Waals surface area contributed by atoms with Gasteiger partial charge in [-0.3, -0.25) is 9.69 Å². The minimum atomic E-state index is 0.225. The number of carbonyl (C=O) groups excluding carboxylic acids is 1. The summed E-state index contributed by atoms with van der Waals surface area (Å²) in [4.78, 5) is 17.1. The minimum Gasteiger partial charge on any atom is -0.369 e. The first-order valence-electron chi connectivity index (χ1n) is 8.18. The average Bonchev–Trinajstić information content (AvgIpc) is 2.32. The molecule has 1 aliphatic carbocycles. The number of amides is 1. The predicted molar refractivity (Wildman–Crippen MR) is 78.4 cm³/mol. The number of rotatable bonds is 3. The highest BCUT2D eigenvalue weighted by atomic mass is 16.5. The molecular weight excluding hydrogens is 252 g/mol. The second-order valence-electron chi connectivity index (χ2n) is 7.51. The second-order valence-corrected chi connectivity index (χ2v) is 7.51. The van der Waals surface area contributed by atoms with Crippen molar-refractivity contribution in [3.05, 3.63) is 0 Å². The molecule has 4 nitrogen and oxygen atoms in total. The zero-order valence-corrected chi connectivity index (χ0v) is 13.0. The first-order valence-corrected chi connectivity index (χ1v) is 8.18. The van der Waals surface area contributed by atoms with Crippen molar-refractivity contribution in [2.24, 2.45) is 17.8 Å². The van der Waals surface area contributed by atoms with E-state index in [1.54, 1.807) is 0 Å². The third-order valence-electron chi connectivity index (χ3n) is 4.81. The molecule has 0 aromatic rings. The lowest BCUT2D eigenvalue weighted by molar-refractivity contribution is -0.167. The van der Waals surface area contributed by atoms with Crippen molar-refractivity contribution in [1.82, 2.24) is 9.80 Å². The van der Waals surface area contributed by atoms with Gasteiger partial charge in [0.1, 0.15) is 0 Å². The van der Waals surface area contributed by atoms with Crippen LogP contribution in [0.5, 0.6) is 0 Å². The molecule has 2 aliphatic heterocycles. The monoisotopic (exact) mass is 280 g/mol. The fourth-order valence-electron chi connectivity index (χ4n) is 3.98. The fourth-order valence-corrected chi connectivity index (χ4v) is 3.98. The van der Waals surface area contributed by atoms with Gasteiger partial charge in [0.25, 0.3) is 0 Å². The summed E-state index contributed by atoms with van der Waals surface area (Å²) in [6.45, 7) is 11.5. The third-order valence-corrected chi connectivity index (χ3v) is 4.81. The van der Waals surface area contributed by atoms with Gasteiger partial charge in [-0.15, -0.1) is 0 Å². The Morgan fingerprint density at radius 3 is 2.25 bits per heavy atom. The van der Waals surface area contributed by atoms with Gasteiger partial charge in [0.2, 0.25) is 5.91 Å². The number of carbonyl (C=O) groups is 1. The smallest absolute Gasteiger partial charge is 0.225 e. The highest BCUT2D eigenvalue weighted by molar-refractivity contribution is 5.80. The van der Waals surface area contributed by atoms with E-state index in [9.17, 15) is 4.79 Å². The highest BCUT2D eigenvalue weighted by Crippen LogP contribution is 2.35. The Labute approximate surface area is 122 Å². The lowest BCUT2D eigenvalue weighted by Gasteiger charge is -2.47. The van der Waals surface area contributed by atoms with Crippen LogP contribution >= 0.6 is 0 Å². The van der Waals surface area contributed by atoms with E-state index in [-0.39, 0.29) is 12.2 Å². The van der Waals surface area contributed by atoms with Gasteiger partial charge in [-0.05, 0) is 24.7 Å². The summed E-state index contributed by atoms with van der Waals surface area (Å²) in [6, 6.07) is 0. The number of morpholine rings is 2. The maximum Gasteiger partial charge on any atom is 0.225 e. The molecule has 2 heterocycles. The predicted octanol–water partition coefficient (Wildman–Crippen LogP) is 1.60. The Morgan fingerprint density at radius 2 is 1.75 bits per heavy atom. The number of fused-ring (bicyclic) bond motifs is 2. The molecule has 2 bridgehead atoms. The van der Waals surface area contributed by atoms with Crippen molar-refractivity contribution in [3.63, 3.8) is 0 Å². The van der Waals surface area contributed by atoms with E-state index in [1.807, 2.05) is 0 Å². The van der Waals surface area contributed by atoms with E-state index < -0.39 is 0 Å². The van der Waals surface area contributed by atoms with E-state index in [0.717, 1.165) is 51.5 Å². The SMILES string of the molecule is CC(C)CN1CC2CN(C(=O)C3CC(C)C3)CC(C1)O2. The number of hydrogen-bond donors (Lipinski definition) is 0. The van der Waals surface area contributed by atoms with Crippen molar-refractivity contribution >= 4 is 5.91 Å². The Balaban J connectivity index is 1.55. The van der Waals surface area contributed by atoms with Gasteiger partial charge < -0.3 is 9.64 Å². The molecule has 0 aromatic heterocycles. The Morgan fingerprint density at radius 1 is 1.15 bits per heavy atom. The van der Waals surface area contributed by atoms with E-state index in [2.05, 4.69) is 30.6 Å². The molecule has 20 heavy (non-hydrogen) atoms. The van der Waals surface area contributed by atoms with Crippen LogP contribution in [0.15, 0.2) is 0 Å². The van der Waals surface area contributed by atoms with Crippen LogP contribution in [-0.2, 0) is 9.53 Å². The number of hydrogen-bond acceptors (Lipinski definition) is 3. The summed E-state index contributed by atoms with van der Waals surface area (Å²) in [5.41, 5.74) is 0. The van der Waals surface area contributed by atoms with Gasteiger partial charge in [-0.1, -0.05) is 20.8 Å². The molecule has 2 saturated heterocycles. The maximum absolute atomic E-state index is 12.5. The summed E-state index contributed by atoms with van der Waals surface area (Å²) < 4.78 is 6.03. The molecule has 3 aliphatic rings. The fraction of sp³-hybridized carbons (Fsp3) is 0.938. The summed E-state index contributed by atoms with van der Waals surface area (Å²) in [7, 11) is 0. The standard InChI is InChI=1S/C16H28N2O2/c1-11(2)6-17-7-14-9-18(10-15(8-17)20-14)16(19)13-4-12(3)5-13/h11-15H,4-10H2,1-3H3. The van der Waals surface area contributed by atoms with Crippen LogP contribution in [0.1, 0.15) is 33.6 Å². The summed E-state index contributed by atoms with van der Waals surface area (Å²) in [5.74, 6) is 2.13. The first-order chi connectivity index (χ1) is 9.51. The van der Waals surface area contributed by atoms with E-state index in [0.29, 0.717) is 17.7 Å². The van der Waals surface area contributed by atoms with Crippen LogP contribution in [-0.4, -0.2) is 60.6 Å². The molecule has 3 fully saturated rings. The topological polar surface area (TPSA) is 32.8 Å². The lowest BCUT2D eigenvalue weighted by Crippen LogP contribution is -2.61. The average molecular weight is 280 g/mol. The third kappa shape index (κ3) is 3.01. The zero-order valence-electron chi connectivity index (χ0n) is 13.0. The lowest BCUT2D eigenvalue weighted by atomic mass is 9.75. The molecule has 1 amide bonds. The van der Waals surface area contributed by atoms with Gasteiger partial charge in [0.15, 0.2) is 0 Å². The first kappa shape index (κ1) is 14.3. The molecule has 1 saturated carbocycles. The Kier molecular flexibility index (Phi) is 4.04. The molecule has 3 rings (SSSR count). The molecule has 2 unspecified atom stereocenters. The van der Waals surface area contributed by atoms with Gasteiger partial charge >= 0.3 is 0 Å². The largest absolute Gasteiger partial charge is 0.369 e. The number of ether oxygens (including phenoxy) is 1. The van der Waals surface area contributed by atoms with Gasteiger partial charge in [-0.25, -0.2) is 0 Å². The van der Waals surface area contributed by atoms with Crippen LogP contribution < -0.4 is 0 Å². The van der Waals surface area contributed by atoms with Crippen LogP contribution in [0.4, 0.5) is 0 Å². The number of nitrogens with zero attached hydrogens (tertiary/aromatic N) is 2. The Bertz CT molecular complexity index is 351. The molecule has 0 spiro atoms. The molecule has 0 N–H and O–H groups in total. The minimum absolute atomic E-state index is 0.225. The molecular formula is C16H28N2O2. The van der Waals surface area contributed by atoms with Gasteiger partial charge in [0.05, 0.1) is 12.2 Å². The van der Waals surface area contributed by atoms with Crippen LogP contribution in [0.3, 0.4) is 0 Å².